The van der Waals surface area contributed by atoms with Crippen LogP contribution in [0.2, 0.25) is 0 Å². The van der Waals surface area contributed by atoms with Crippen LogP contribution < -0.4 is 5.32 Å². The third kappa shape index (κ3) is 3.21. The van der Waals surface area contributed by atoms with Crippen LogP contribution in [0.5, 0.6) is 0 Å². The Labute approximate surface area is 98.6 Å². The Hall–Kier alpha value is -0.570. The molecule has 0 aromatic rings. The lowest BCUT2D eigenvalue weighted by Gasteiger charge is -2.31. The van der Waals surface area contributed by atoms with Crippen LogP contribution in [0.25, 0.3) is 0 Å². The fraction of sp³-hybridized carbons (Fsp3) is 0.923. The van der Waals surface area contributed by atoms with Gasteiger partial charge in [0.1, 0.15) is 0 Å². The van der Waals surface area contributed by atoms with Crippen molar-refractivity contribution in [2.24, 2.45) is 17.3 Å². The summed E-state index contributed by atoms with van der Waals surface area (Å²) in [5.41, 5.74) is 0.0859. The largest absolute Gasteiger partial charge is 0.396 e. The van der Waals surface area contributed by atoms with Gasteiger partial charge in [0.25, 0.3) is 0 Å². The minimum absolute atomic E-state index is 0.0859. The van der Waals surface area contributed by atoms with E-state index >= 15 is 0 Å². The molecule has 1 rings (SSSR count). The first-order chi connectivity index (χ1) is 7.58. The van der Waals surface area contributed by atoms with Gasteiger partial charge in [0.05, 0.1) is 0 Å². The second-order valence-corrected chi connectivity index (χ2v) is 5.22. The van der Waals surface area contributed by atoms with Gasteiger partial charge in [-0.25, -0.2) is 0 Å². The molecule has 16 heavy (non-hydrogen) atoms. The topological polar surface area (TPSA) is 49.3 Å². The molecule has 1 aliphatic rings. The van der Waals surface area contributed by atoms with Gasteiger partial charge in [0.2, 0.25) is 5.91 Å². The Balaban J connectivity index is 2.39. The van der Waals surface area contributed by atoms with E-state index in [4.69, 9.17) is 5.11 Å². The van der Waals surface area contributed by atoms with E-state index in [-0.39, 0.29) is 23.8 Å². The highest BCUT2D eigenvalue weighted by Gasteiger charge is 2.39. The summed E-state index contributed by atoms with van der Waals surface area (Å²) in [6.45, 7) is 7.29. The van der Waals surface area contributed by atoms with Gasteiger partial charge >= 0.3 is 0 Å². The predicted octanol–water partition coefficient (Wildman–Crippen LogP) is 1.95. The van der Waals surface area contributed by atoms with Crippen molar-refractivity contribution >= 4 is 5.91 Å². The Morgan fingerprint density at radius 2 is 2.00 bits per heavy atom. The lowest BCUT2D eigenvalue weighted by Crippen LogP contribution is -2.38. The number of aliphatic hydroxyl groups is 1. The Kier molecular flexibility index (Phi) is 4.78. The molecule has 0 aromatic carbocycles. The van der Waals surface area contributed by atoms with Crippen molar-refractivity contribution in [2.75, 3.05) is 13.2 Å². The summed E-state index contributed by atoms with van der Waals surface area (Å²) in [4.78, 5) is 11.7. The normalized spacial score (nSPS) is 24.2. The van der Waals surface area contributed by atoms with E-state index < -0.39 is 0 Å². The van der Waals surface area contributed by atoms with Gasteiger partial charge in [-0.1, -0.05) is 20.8 Å². The molecule has 0 heterocycles. The van der Waals surface area contributed by atoms with Gasteiger partial charge in [-0.2, -0.15) is 0 Å². The number of carbonyl (C=O) groups is 1. The Morgan fingerprint density at radius 1 is 1.44 bits per heavy atom. The summed E-state index contributed by atoms with van der Waals surface area (Å²) in [5, 5.41) is 12.1. The van der Waals surface area contributed by atoms with E-state index in [1.54, 1.807) is 0 Å². The zero-order valence-electron chi connectivity index (χ0n) is 10.8. The van der Waals surface area contributed by atoms with Gasteiger partial charge < -0.3 is 10.4 Å². The van der Waals surface area contributed by atoms with Crippen molar-refractivity contribution in [3.05, 3.63) is 0 Å². The minimum Gasteiger partial charge on any atom is -0.396 e. The van der Waals surface area contributed by atoms with E-state index in [1.807, 2.05) is 0 Å². The van der Waals surface area contributed by atoms with Crippen molar-refractivity contribution in [1.29, 1.82) is 0 Å². The molecule has 0 bridgehead atoms. The number of hydrogen-bond acceptors (Lipinski definition) is 2. The SMILES string of the molecule is CCC(CC)(CCO)CNC(=O)[C@@H]1C[C@@H]1C. The average Bonchev–Trinajstić information content (AvgIpc) is 3.01. The van der Waals surface area contributed by atoms with E-state index in [1.165, 1.54) is 0 Å². The van der Waals surface area contributed by atoms with Crippen molar-refractivity contribution < 1.29 is 9.90 Å². The summed E-state index contributed by atoms with van der Waals surface area (Å²) in [5.74, 6) is 1.02. The smallest absolute Gasteiger partial charge is 0.223 e. The van der Waals surface area contributed by atoms with Crippen molar-refractivity contribution in [3.8, 4) is 0 Å². The molecule has 0 aromatic heterocycles. The van der Waals surface area contributed by atoms with E-state index in [0.29, 0.717) is 12.5 Å². The van der Waals surface area contributed by atoms with Crippen LogP contribution >= 0.6 is 0 Å². The van der Waals surface area contributed by atoms with Crippen LogP contribution in [-0.4, -0.2) is 24.2 Å². The van der Waals surface area contributed by atoms with Crippen LogP contribution in [-0.2, 0) is 4.79 Å². The van der Waals surface area contributed by atoms with Crippen molar-refractivity contribution in [3.63, 3.8) is 0 Å². The maximum Gasteiger partial charge on any atom is 0.223 e. The van der Waals surface area contributed by atoms with Crippen LogP contribution in [0.1, 0.15) is 46.5 Å². The highest BCUT2D eigenvalue weighted by molar-refractivity contribution is 5.81. The second kappa shape index (κ2) is 5.67. The van der Waals surface area contributed by atoms with E-state index in [9.17, 15) is 4.79 Å². The quantitative estimate of drug-likeness (QED) is 0.698. The first kappa shape index (κ1) is 13.5. The number of rotatable bonds is 7. The van der Waals surface area contributed by atoms with Gasteiger partial charge in [0, 0.05) is 19.1 Å². The zero-order chi connectivity index (χ0) is 12.2. The number of aliphatic hydroxyl groups excluding tert-OH is 1. The molecule has 1 fully saturated rings. The third-order valence-electron chi connectivity index (χ3n) is 4.23. The Bertz CT molecular complexity index is 236. The molecule has 0 aliphatic heterocycles. The average molecular weight is 227 g/mol. The zero-order valence-corrected chi connectivity index (χ0v) is 10.8. The molecule has 2 atom stereocenters. The van der Waals surface area contributed by atoms with Crippen LogP contribution in [0.4, 0.5) is 0 Å². The van der Waals surface area contributed by atoms with Crippen molar-refractivity contribution in [1.82, 2.24) is 5.32 Å². The number of hydrogen-bond donors (Lipinski definition) is 2. The molecule has 0 saturated heterocycles. The molecule has 1 aliphatic carbocycles. The molecule has 3 heteroatoms. The van der Waals surface area contributed by atoms with Gasteiger partial charge in [-0.15, -0.1) is 0 Å². The molecule has 3 nitrogen and oxygen atoms in total. The Morgan fingerprint density at radius 3 is 2.38 bits per heavy atom. The number of carbonyl (C=O) groups excluding carboxylic acids is 1. The fourth-order valence-electron chi connectivity index (χ4n) is 2.27. The summed E-state index contributed by atoms with van der Waals surface area (Å²) in [6.07, 6.45) is 3.83. The number of amides is 1. The predicted molar refractivity (Wildman–Crippen MR) is 65.0 cm³/mol. The second-order valence-electron chi connectivity index (χ2n) is 5.22. The number of nitrogens with one attached hydrogen (secondary N) is 1. The third-order valence-corrected chi connectivity index (χ3v) is 4.23. The maximum absolute atomic E-state index is 11.7. The molecule has 94 valence electrons. The first-order valence-corrected chi connectivity index (χ1v) is 6.47. The van der Waals surface area contributed by atoms with Crippen LogP contribution in [0.15, 0.2) is 0 Å². The summed E-state index contributed by atoms with van der Waals surface area (Å²) >= 11 is 0. The minimum atomic E-state index is 0.0859. The highest BCUT2D eigenvalue weighted by Crippen LogP contribution is 2.38. The molecule has 1 amide bonds. The lowest BCUT2D eigenvalue weighted by molar-refractivity contribution is -0.123. The molecular formula is C13H25NO2. The van der Waals surface area contributed by atoms with Gasteiger partial charge in [-0.3, -0.25) is 4.79 Å². The summed E-state index contributed by atoms with van der Waals surface area (Å²) < 4.78 is 0. The van der Waals surface area contributed by atoms with Gasteiger partial charge in [0.15, 0.2) is 0 Å². The summed E-state index contributed by atoms with van der Waals surface area (Å²) in [7, 11) is 0. The molecule has 0 unspecified atom stereocenters. The molecule has 2 N–H and O–H groups in total. The monoisotopic (exact) mass is 227 g/mol. The molecule has 0 radical (unpaired) electrons. The highest BCUT2D eigenvalue weighted by atomic mass is 16.3. The van der Waals surface area contributed by atoms with E-state index in [0.717, 1.165) is 25.7 Å². The summed E-state index contributed by atoms with van der Waals surface area (Å²) in [6, 6.07) is 0. The standard InChI is InChI=1S/C13H25NO2/c1-4-13(5-2,6-7-15)9-14-12(16)11-8-10(11)3/h10-11,15H,4-9H2,1-3H3,(H,14,16)/t10-,11+/m0/s1. The molecular weight excluding hydrogens is 202 g/mol. The van der Waals surface area contributed by atoms with Crippen LogP contribution in [0, 0.1) is 17.3 Å². The fourth-order valence-corrected chi connectivity index (χ4v) is 2.27. The molecule has 1 saturated carbocycles. The van der Waals surface area contributed by atoms with Crippen LogP contribution in [0.3, 0.4) is 0 Å². The van der Waals surface area contributed by atoms with E-state index in [2.05, 4.69) is 26.1 Å². The van der Waals surface area contributed by atoms with Gasteiger partial charge in [-0.05, 0) is 37.0 Å². The lowest BCUT2D eigenvalue weighted by atomic mass is 9.79. The molecule has 0 spiro atoms. The first-order valence-electron chi connectivity index (χ1n) is 6.47. The maximum atomic E-state index is 11.7. The van der Waals surface area contributed by atoms with Crippen molar-refractivity contribution in [2.45, 2.75) is 46.5 Å².